The Hall–Kier alpha value is -2.83. The minimum absolute atomic E-state index is 0.0640. The van der Waals surface area contributed by atoms with Gasteiger partial charge in [0.05, 0.1) is 12.7 Å². The zero-order valence-electron chi connectivity index (χ0n) is 11.0. The highest BCUT2D eigenvalue weighted by molar-refractivity contribution is 5.99. The van der Waals surface area contributed by atoms with E-state index in [1.54, 1.807) is 6.07 Å². The molecule has 0 amide bonds. The molecule has 5 nitrogen and oxygen atoms in total. The Balaban J connectivity index is 2.43. The molecule has 0 unspecified atom stereocenters. The van der Waals surface area contributed by atoms with Gasteiger partial charge in [-0.1, -0.05) is 5.16 Å². The van der Waals surface area contributed by atoms with E-state index >= 15 is 0 Å². The fourth-order valence-corrected chi connectivity index (χ4v) is 1.65. The van der Waals surface area contributed by atoms with Gasteiger partial charge in [0, 0.05) is 12.1 Å². The molecule has 3 N–H and O–H groups in total. The van der Waals surface area contributed by atoms with Crippen LogP contribution in [0.3, 0.4) is 0 Å². The average molecular weight is 294 g/mol. The molecule has 0 aromatic heterocycles. The Morgan fingerprint density at radius 2 is 1.81 bits per heavy atom. The molecular weight excluding hydrogens is 282 g/mol. The minimum atomic E-state index is -1.04. The van der Waals surface area contributed by atoms with E-state index in [1.807, 2.05) is 0 Å². The van der Waals surface area contributed by atoms with Crippen LogP contribution in [-0.2, 0) is 0 Å². The number of nitrogens with two attached hydrogens (primary N) is 1. The summed E-state index contributed by atoms with van der Waals surface area (Å²) in [6.45, 7) is 0. The number of benzene rings is 2. The normalized spacial score (nSPS) is 11.3. The van der Waals surface area contributed by atoms with E-state index < -0.39 is 11.6 Å². The Morgan fingerprint density at radius 3 is 2.43 bits per heavy atom. The fraction of sp³-hybridized carbons (Fsp3) is 0.0714. The van der Waals surface area contributed by atoms with Crippen LogP contribution in [0.4, 0.5) is 8.78 Å². The molecule has 0 radical (unpaired) electrons. The summed E-state index contributed by atoms with van der Waals surface area (Å²) in [5.74, 6) is -1.51. The number of nitrogens with zero attached hydrogens (tertiary/aromatic N) is 1. The molecule has 110 valence electrons. The van der Waals surface area contributed by atoms with Crippen LogP contribution in [0.5, 0.6) is 17.2 Å². The van der Waals surface area contributed by atoms with Gasteiger partial charge in [-0.25, -0.2) is 8.78 Å². The maximum Gasteiger partial charge on any atom is 0.173 e. The standard InChI is InChI=1S/C14H12F2N2O3/c1-20-8-2-4-10(14(17)18-19)13(7-8)21-9-3-5-11(15)12(16)6-9/h2-7,19H,1H3,(H2,17,18). The number of halogens is 2. The van der Waals surface area contributed by atoms with Crippen LogP contribution >= 0.6 is 0 Å². The Labute approximate surface area is 119 Å². The Bertz CT molecular complexity index is 690. The number of methoxy groups -OCH3 is 1. The first kappa shape index (κ1) is 14.6. The van der Waals surface area contributed by atoms with Crippen molar-refractivity contribution in [3.63, 3.8) is 0 Å². The van der Waals surface area contributed by atoms with Crippen molar-refractivity contribution < 1.29 is 23.5 Å². The van der Waals surface area contributed by atoms with Crippen LogP contribution in [-0.4, -0.2) is 18.2 Å². The third-order valence-corrected chi connectivity index (χ3v) is 2.69. The van der Waals surface area contributed by atoms with Crippen molar-refractivity contribution in [1.82, 2.24) is 0 Å². The number of ether oxygens (including phenoxy) is 2. The van der Waals surface area contributed by atoms with Crippen molar-refractivity contribution >= 4 is 5.84 Å². The third kappa shape index (κ3) is 3.19. The summed E-state index contributed by atoms with van der Waals surface area (Å²) >= 11 is 0. The van der Waals surface area contributed by atoms with Gasteiger partial charge < -0.3 is 20.4 Å². The lowest BCUT2D eigenvalue weighted by molar-refractivity contribution is 0.318. The highest BCUT2D eigenvalue weighted by atomic mass is 19.2. The molecule has 0 saturated carbocycles. The molecule has 0 fully saturated rings. The van der Waals surface area contributed by atoms with E-state index in [4.69, 9.17) is 20.4 Å². The first-order valence-electron chi connectivity index (χ1n) is 5.84. The number of rotatable bonds is 4. The predicted molar refractivity (Wildman–Crippen MR) is 71.9 cm³/mol. The van der Waals surface area contributed by atoms with E-state index in [9.17, 15) is 8.78 Å². The molecule has 0 saturated heterocycles. The summed E-state index contributed by atoms with van der Waals surface area (Å²) in [4.78, 5) is 0. The van der Waals surface area contributed by atoms with Gasteiger partial charge in [0.1, 0.15) is 17.2 Å². The van der Waals surface area contributed by atoms with Crippen LogP contribution < -0.4 is 15.2 Å². The second kappa shape index (κ2) is 6.08. The second-order valence-electron chi connectivity index (χ2n) is 4.03. The molecule has 0 atom stereocenters. The van der Waals surface area contributed by atoms with Crippen molar-refractivity contribution in [3.05, 3.63) is 53.6 Å². The minimum Gasteiger partial charge on any atom is -0.497 e. The monoisotopic (exact) mass is 294 g/mol. The van der Waals surface area contributed by atoms with Gasteiger partial charge in [-0.2, -0.15) is 0 Å². The Morgan fingerprint density at radius 1 is 1.10 bits per heavy atom. The van der Waals surface area contributed by atoms with Gasteiger partial charge in [0.25, 0.3) is 0 Å². The number of hydrogen-bond donors (Lipinski definition) is 2. The molecule has 2 aromatic rings. The van der Waals surface area contributed by atoms with Crippen LogP contribution in [0, 0.1) is 11.6 Å². The van der Waals surface area contributed by atoms with E-state index in [0.717, 1.165) is 12.1 Å². The van der Waals surface area contributed by atoms with E-state index in [2.05, 4.69) is 5.16 Å². The van der Waals surface area contributed by atoms with Crippen molar-refractivity contribution in [3.8, 4) is 17.2 Å². The third-order valence-electron chi connectivity index (χ3n) is 2.69. The molecule has 7 heteroatoms. The van der Waals surface area contributed by atoms with Crippen LogP contribution in [0.1, 0.15) is 5.56 Å². The largest absolute Gasteiger partial charge is 0.497 e. The molecule has 0 spiro atoms. The van der Waals surface area contributed by atoms with Gasteiger partial charge in [-0.05, 0) is 24.3 Å². The van der Waals surface area contributed by atoms with Gasteiger partial charge >= 0.3 is 0 Å². The molecule has 0 bridgehead atoms. The zero-order valence-corrected chi connectivity index (χ0v) is 11.0. The topological polar surface area (TPSA) is 77.1 Å². The lowest BCUT2D eigenvalue weighted by Gasteiger charge is -2.12. The molecule has 0 aliphatic rings. The van der Waals surface area contributed by atoms with E-state index in [-0.39, 0.29) is 22.9 Å². The molecule has 0 heterocycles. The van der Waals surface area contributed by atoms with Gasteiger partial charge in [-0.15, -0.1) is 0 Å². The van der Waals surface area contributed by atoms with Crippen molar-refractivity contribution in [1.29, 1.82) is 0 Å². The predicted octanol–water partition coefficient (Wildman–Crippen LogP) is 2.86. The molecule has 2 rings (SSSR count). The maximum absolute atomic E-state index is 13.2. The first-order chi connectivity index (χ1) is 10.0. The molecule has 2 aromatic carbocycles. The van der Waals surface area contributed by atoms with Gasteiger partial charge in [-0.3, -0.25) is 0 Å². The molecule has 0 aliphatic carbocycles. The van der Waals surface area contributed by atoms with Crippen molar-refractivity contribution in [2.45, 2.75) is 0 Å². The lowest BCUT2D eigenvalue weighted by Crippen LogP contribution is -2.14. The number of amidine groups is 1. The fourth-order valence-electron chi connectivity index (χ4n) is 1.65. The van der Waals surface area contributed by atoms with Crippen LogP contribution in [0.2, 0.25) is 0 Å². The number of oxime groups is 1. The van der Waals surface area contributed by atoms with E-state index in [1.165, 1.54) is 25.3 Å². The Kier molecular flexibility index (Phi) is 4.22. The SMILES string of the molecule is COc1ccc(/C(N)=N/O)c(Oc2ccc(F)c(F)c2)c1. The smallest absolute Gasteiger partial charge is 0.173 e. The van der Waals surface area contributed by atoms with Crippen LogP contribution in [0.15, 0.2) is 41.6 Å². The molecule has 0 aliphatic heterocycles. The quantitative estimate of drug-likeness (QED) is 0.393. The molecular formula is C14H12F2N2O3. The summed E-state index contributed by atoms with van der Waals surface area (Å²) in [5.41, 5.74) is 5.82. The lowest BCUT2D eigenvalue weighted by atomic mass is 10.1. The van der Waals surface area contributed by atoms with Crippen LogP contribution in [0.25, 0.3) is 0 Å². The van der Waals surface area contributed by atoms with Crippen molar-refractivity contribution in [2.75, 3.05) is 7.11 Å². The van der Waals surface area contributed by atoms with Gasteiger partial charge in [0.15, 0.2) is 17.5 Å². The maximum atomic E-state index is 13.2. The number of hydrogen-bond acceptors (Lipinski definition) is 4. The first-order valence-corrected chi connectivity index (χ1v) is 5.84. The van der Waals surface area contributed by atoms with Gasteiger partial charge in [0.2, 0.25) is 0 Å². The summed E-state index contributed by atoms with van der Waals surface area (Å²) in [6, 6.07) is 7.68. The highest BCUT2D eigenvalue weighted by Crippen LogP contribution is 2.30. The van der Waals surface area contributed by atoms with E-state index in [0.29, 0.717) is 5.75 Å². The highest BCUT2D eigenvalue weighted by Gasteiger charge is 2.12. The second-order valence-corrected chi connectivity index (χ2v) is 4.03. The molecule has 21 heavy (non-hydrogen) atoms. The van der Waals surface area contributed by atoms with Crippen molar-refractivity contribution in [2.24, 2.45) is 10.9 Å². The zero-order chi connectivity index (χ0) is 15.4. The summed E-state index contributed by atoms with van der Waals surface area (Å²) in [5, 5.41) is 11.6. The summed E-state index contributed by atoms with van der Waals surface area (Å²) < 4.78 is 36.6. The summed E-state index contributed by atoms with van der Waals surface area (Å²) in [6.07, 6.45) is 0. The summed E-state index contributed by atoms with van der Waals surface area (Å²) in [7, 11) is 1.46. The average Bonchev–Trinajstić information content (AvgIpc) is 2.50.